The lowest BCUT2D eigenvalue weighted by Crippen LogP contribution is -2.40. The average molecular weight is 299 g/mol. The number of hydrogen-bond donors (Lipinski definition) is 2. The Bertz CT molecular complexity index is 465. The van der Waals surface area contributed by atoms with E-state index in [1.54, 1.807) is 12.6 Å². The van der Waals surface area contributed by atoms with Gasteiger partial charge in [0.25, 0.3) is 0 Å². The van der Waals surface area contributed by atoms with Crippen molar-refractivity contribution < 1.29 is 19.4 Å². The summed E-state index contributed by atoms with van der Waals surface area (Å²) < 4.78 is 5.32. The molecule has 0 saturated carbocycles. The Balaban J connectivity index is 1.71. The highest BCUT2D eigenvalue weighted by atomic mass is 32.1. The van der Waals surface area contributed by atoms with Crippen molar-refractivity contribution >= 4 is 23.3 Å². The van der Waals surface area contributed by atoms with E-state index in [-0.39, 0.29) is 12.1 Å². The molecule has 2 heterocycles. The summed E-state index contributed by atoms with van der Waals surface area (Å²) in [5, 5.41) is 13.4. The Morgan fingerprint density at radius 2 is 2.40 bits per heavy atom. The van der Waals surface area contributed by atoms with E-state index in [0.717, 1.165) is 5.69 Å². The zero-order chi connectivity index (χ0) is 14.5. The van der Waals surface area contributed by atoms with Gasteiger partial charge in [0.1, 0.15) is 0 Å². The summed E-state index contributed by atoms with van der Waals surface area (Å²) >= 11 is 1.48. The second-order valence-electron chi connectivity index (χ2n) is 4.68. The number of carboxylic acids is 1. The van der Waals surface area contributed by atoms with E-state index in [1.807, 2.05) is 5.38 Å². The molecule has 7 nitrogen and oxygen atoms in total. The Morgan fingerprint density at radius 3 is 3.00 bits per heavy atom. The fraction of sp³-hybridized carbons (Fsp3) is 0.583. The van der Waals surface area contributed by atoms with Gasteiger partial charge in [0.2, 0.25) is 0 Å². The van der Waals surface area contributed by atoms with Crippen molar-refractivity contribution in [2.24, 2.45) is 0 Å². The highest BCUT2D eigenvalue weighted by Gasteiger charge is 2.30. The second-order valence-corrected chi connectivity index (χ2v) is 5.40. The molecule has 1 aliphatic heterocycles. The van der Waals surface area contributed by atoms with E-state index in [1.165, 1.54) is 16.2 Å². The summed E-state index contributed by atoms with van der Waals surface area (Å²) in [7, 11) is 1.68. The molecule has 8 heteroatoms. The van der Waals surface area contributed by atoms with Crippen LogP contribution < -0.4 is 5.32 Å². The van der Waals surface area contributed by atoms with Crippen LogP contribution in [-0.4, -0.2) is 52.8 Å². The van der Waals surface area contributed by atoms with E-state index >= 15 is 0 Å². The monoisotopic (exact) mass is 299 g/mol. The number of rotatable bonds is 5. The number of hydrogen-bond acceptors (Lipinski definition) is 5. The van der Waals surface area contributed by atoms with E-state index in [9.17, 15) is 9.59 Å². The first-order valence-corrected chi connectivity index (χ1v) is 7.25. The Hall–Kier alpha value is -1.67. The SMILES string of the molecule is CN(Cc1cscn1)C(=O)NCC1CCC(C(=O)O)O1. The number of nitrogens with zero attached hydrogens (tertiary/aromatic N) is 2. The molecule has 2 atom stereocenters. The first kappa shape index (κ1) is 14.7. The van der Waals surface area contributed by atoms with Crippen molar-refractivity contribution in [1.29, 1.82) is 0 Å². The number of urea groups is 1. The van der Waals surface area contributed by atoms with Gasteiger partial charge in [0, 0.05) is 19.0 Å². The molecule has 2 amide bonds. The third-order valence-corrected chi connectivity index (χ3v) is 3.73. The van der Waals surface area contributed by atoms with Crippen molar-refractivity contribution in [2.75, 3.05) is 13.6 Å². The molecule has 1 saturated heterocycles. The molecule has 0 bridgehead atoms. The zero-order valence-corrected chi connectivity index (χ0v) is 11.9. The van der Waals surface area contributed by atoms with Gasteiger partial charge in [-0.2, -0.15) is 0 Å². The molecular formula is C12H17N3O4S. The minimum atomic E-state index is -0.945. The normalized spacial score (nSPS) is 21.6. The molecule has 0 radical (unpaired) electrons. The third kappa shape index (κ3) is 3.91. The van der Waals surface area contributed by atoms with Crippen LogP contribution >= 0.6 is 11.3 Å². The van der Waals surface area contributed by atoms with Gasteiger partial charge >= 0.3 is 12.0 Å². The van der Waals surface area contributed by atoms with Crippen LogP contribution in [0.3, 0.4) is 0 Å². The van der Waals surface area contributed by atoms with Crippen LogP contribution in [0.4, 0.5) is 4.79 Å². The molecule has 0 aliphatic carbocycles. The van der Waals surface area contributed by atoms with E-state index < -0.39 is 12.1 Å². The lowest BCUT2D eigenvalue weighted by Gasteiger charge is -2.18. The Kier molecular flexibility index (Phi) is 4.91. The minimum Gasteiger partial charge on any atom is -0.479 e. The molecule has 1 fully saturated rings. The minimum absolute atomic E-state index is 0.222. The van der Waals surface area contributed by atoms with Gasteiger partial charge in [-0.3, -0.25) is 0 Å². The molecular weight excluding hydrogens is 282 g/mol. The molecule has 2 rings (SSSR count). The maximum atomic E-state index is 11.9. The van der Waals surface area contributed by atoms with Crippen molar-refractivity contribution in [3.63, 3.8) is 0 Å². The largest absolute Gasteiger partial charge is 0.479 e. The lowest BCUT2D eigenvalue weighted by atomic mass is 10.2. The average Bonchev–Trinajstić information content (AvgIpc) is 3.06. The molecule has 1 aromatic heterocycles. The van der Waals surface area contributed by atoms with Crippen LogP contribution in [-0.2, 0) is 16.1 Å². The smallest absolute Gasteiger partial charge is 0.332 e. The number of nitrogens with one attached hydrogen (secondary N) is 1. The topological polar surface area (TPSA) is 91.8 Å². The molecule has 2 unspecified atom stereocenters. The van der Waals surface area contributed by atoms with Crippen LogP contribution in [0.5, 0.6) is 0 Å². The van der Waals surface area contributed by atoms with Crippen LogP contribution in [0.1, 0.15) is 18.5 Å². The van der Waals surface area contributed by atoms with Gasteiger partial charge in [-0.1, -0.05) is 0 Å². The predicted molar refractivity (Wildman–Crippen MR) is 72.5 cm³/mol. The number of aliphatic carboxylic acids is 1. The number of aromatic nitrogens is 1. The Labute approximate surface area is 120 Å². The molecule has 0 spiro atoms. The van der Waals surface area contributed by atoms with E-state index in [0.29, 0.717) is 25.9 Å². The molecule has 20 heavy (non-hydrogen) atoms. The van der Waals surface area contributed by atoms with Crippen molar-refractivity contribution in [2.45, 2.75) is 31.6 Å². The van der Waals surface area contributed by atoms with Gasteiger partial charge in [-0.15, -0.1) is 11.3 Å². The lowest BCUT2D eigenvalue weighted by molar-refractivity contribution is -0.149. The summed E-state index contributed by atoms with van der Waals surface area (Å²) in [4.78, 5) is 28.2. The summed E-state index contributed by atoms with van der Waals surface area (Å²) in [6.45, 7) is 0.766. The van der Waals surface area contributed by atoms with Gasteiger partial charge < -0.3 is 20.1 Å². The first-order valence-electron chi connectivity index (χ1n) is 6.30. The summed E-state index contributed by atoms with van der Waals surface area (Å²) in [6, 6.07) is -0.222. The van der Waals surface area contributed by atoms with Gasteiger partial charge in [-0.05, 0) is 12.8 Å². The number of carboxylic acid groups (broad SMARTS) is 1. The number of thiazole rings is 1. The van der Waals surface area contributed by atoms with Gasteiger partial charge in [0.05, 0.1) is 23.9 Å². The summed E-state index contributed by atoms with van der Waals surface area (Å²) in [5.74, 6) is -0.945. The van der Waals surface area contributed by atoms with Crippen LogP contribution in [0.25, 0.3) is 0 Å². The van der Waals surface area contributed by atoms with Gasteiger partial charge in [-0.25, -0.2) is 14.6 Å². The van der Waals surface area contributed by atoms with E-state index in [4.69, 9.17) is 9.84 Å². The quantitative estimate of drug-likeness (QED) is 0.843. The number of amides is 2. The van der Waals surface area contributed by atoms with Crippen LogP contribution in [0.2, 0.25) is 0 Å². The molecule has 110 valence electrons. The fourth-order valence-corrected chi connectivity index (χ4v) is 2.55. The predicted octanol–water partition coefficient (Wildman–Crippen LogP) is 0.917. The highest BCUT2D eigenvalue weighted by molar-refractivity contribution is 7.07. The number of carbonyl (C=O) groups is 2. The van der Waals surface area contributed by atoms with Crippen LogP contribution in [0, 0.1) is 0 Å². The first-order chi connectivity index (χ1) is 9.56. The molecule has 1 aromatic rings. The maximum absolute atomic E-state index is 11.9. The third-order valence-electron chi connectivity index (χ3n) is 3.09. The summed E-state index contributed by atoms with van der Waals surface area (Å²) in [5.41, 5.74) is 2.56. The van der Waals surface area contributed by atoms with Crippen LogP contribution in [0.15, 0.2) is 10.9 Å². The summed E-state index contributed by atoms with van der Waals surface area (Å²) in [6.07, 6.45) is 0.162. The fourth-order valence-electron chi connectivity index (χ4n) is 2.00. The van der Waals surface area contributed by atoms with Crippen molar-refractivity contribution in [3.05, 3.63) is 16.6 Å². The zero-order valence-electron chi connectivity index (χ0n) is 11.1. The highest BCUT2D eigenvalue weighted by Crippen LogP contribution is 2.19. The standard InChI is InChI=1S/C12H17N3O4S/c1-15(5-8-6-20-7-14-8)12(18)13-4-9-2-3-10(19-9)11(16)17/h6-7,9-10H,2-5H2,1H3,(H,13,18)(H,16,17). The van der Waals surface area contributed by atoms with Gasteiger partial charge in [0.15, 0.2) is 6.10 Å². The van der Waals surface area contributed by atoms with Crippen molar-refractivity contribution in [3.8, 4) is 0 Å². The Morgan fingerprint density at radius 1 is 1.60 bits per heavy atom. The number of ether oxygens (including phenoxy) is 1. The maximum Gasteiger partial charge on any atom is 0.332 e. The van der Waals surface area contributed by atoms with Crippen molar-refractivity contribution in [1.82, 2.24) is 15.2 Å². The second kappa shape index (κ2) is 6.67. The molecule has 0 aromatic carbocycles. The molecule has 1 aliphatic rings. The number of carbonyl (C=O) groups excluding carboxylic acids is 1. The van der Waals surface area contributed by atoms with E-state index in [2.05, 4.69) is 10.3 Å². The molecule has 2 N–H and O–H groups in total.